The van der Waals surface area contributed by atoms with Gasteiger partial charge in [-0.1, -0.05) is 30.3 Å². The summed E-state index contributed by atoms with van der Waals surface area (Å²) in [6.45, 7) is 4.13. The van der Waals surface area contributed by atoms with Crippen LogP contribution in [0.15, 0.2) is 30.3 Å². The maximum atomic E-state index is 12.4. The van der Waals surface area contributed by atoms with Crippen molar-refractivity contribution < 1.29 is 9.53 Å². The number of benzene rings is 1. The lowest BCUT2D eigenvalue weighted by atomic mass is 10.0. The lowest BCUT2D eigenvalue weighted by Gasteiger charge is -2.25. The molecule has 0 aliphatic carbocycles. The summed E-state index contributed by atoms with van der Waals surface area (Å²) < 4.78 is 5.56. The van der Waals surface area contributed by atoms with Gasteiger partial charge in [-0.2, -0.15) is 0 Å². The second-order valence-electron chi connectivity index (χ2n) is 5.45. The molecule has 1 fully saturated rings. The highest BCUT2D eigenvalue weighted by Crippen LogP contribution is 2.10. The van der Waals surface area contributed by atoms with E-state index in [1.165, 1.54) is 5.56 Å². The molecule has 1 aliphatic heterocycles. The molecule has 1 aromatic carbocycles. The summed E-state index contributed by atoms with van der Waals surface area (Å²) >= 11 is 0. The minimum Gasteiger partial charge on any atom is -0.377 e. The number of carbonyl (C=O) groups excluding carboxylic acids is 1. The van der Waals surface area contributed by atoms with Gasteiger partial charge >= 0.3 is 0 Å². The second kappa shape index (κ2) is 7.41. The van der Waals surface area contributed by atoms with Crippen LogP contribution in [0.3, 0.4) is 0 Å². The molecule has 1 saturated heterocycles. The van der Waals surface area contributed by atoms with Crippen LogP contribution >= 0.6 is 0 Å². The summed E-state index contributed by atoms with van der Waals surface area (Å²) in [5.74, 6) is 0.0540. The van der Waals surface area contributed by atoms with Gasteiger partial charge < -0.3 is 15.4 Å². The van der Waals surface area contributed by atoms with Crippen LogP contribution in [0.1, 0.15) is 25.3 Å². The SMILES string of the molecule is CC1CN(C(=O)C(N)CCc2ccccc2)CCCO1. The molecule has 2 N–H and O–H groups in total. The van der Waals surface area contributed by atoms with E-state index in [0.29, 0.717) is 13.0 Å². The average molecular weight is 276 g/mol. The van der Waals surface area contributed by atoms with Crippen molar-refractivity contribution in [2.45, 2.75) is 38.3 Å². The molecule has 0 bridgehead atoms. The van der Waals surface area contributed by atoms with Crippen molar-refractivity contribution in [1.82, 2.24) is 4.90 Å². The van der Waals surface area contributed by atoms with Crippen molar-refractivity contribution in [2.75, 3.05) is 19.7 Å². The van der Waals surface area contributed by atoms with Crippen molar-refractivity contribution in [1.29, 1.82) is 0 Å². The van der Waals surface area contributed by atoms with Crippen LogP contribution in [0.2, 0.25) is 0 Å². The molecule has 4 nitrogen and oxygen atoms in total. The van der Waals surface area contributed by atoms with Crippen molar-refractivity contribution in [3.05, 3.63) is 35.9 Å². The fourth-order valence-corrected chi connectivity index (χ4v) is 2.52. The quantitative estimate of drug-likeness (QED) is 0.908. The zero-order valence-corrected chi connectivity index (χ0v) is 12.1. The maximum Gasteiger partial charge on any atom is 0.239 e. The van der Waals surface area contributed by atoms with E-state index >= 15 is 0 Å². The molecule has 1 heterocycles. The molecule has 4 heteroatoms. The molecular formula is C16H24N2O2. The first-order chi connectivity index (χ1) is 9.66. The molecule has 0 aromatic heterocycles. The predicted octanol–water partition coefficient (Wildman–Crippen LogP) is 1.58. The smallest absolute Gasteiger partial charge is 0.239 e. The van der Waals surface area contributed by atoms with Crippen LogP contribution in [-0.2, 0) is 16.0 Å². The molecule has 2 atom stereocenters. The number of nitrogens with zero attached hydrogens (tertiary/aromatic N) is 1. The normalized spacial score (nSPS) is 21.3. The van der Waals surface area contributed by atoms with E-state index in [-0.39, 0.29) is 12.0 Å². The third kappa shape index (κ3) is 4.32. The summed E-state index contributed by atoms with van der Waals surface area (Å²) in [6.07, 6.45) is 2.52. The fraction of sp³-hybridized carbons (Fsp3) is 0.562. The molecule has 2 rings (SSSR count). The minimum atomic E-state index is -0.416. The lowest BCUT2D eigenvalue weighted by Crippen LogP contribution is -2.46. The van der Waals surface area contributed by atoms with Gasteiger partial charge in [0.1, 0.15) is 0 Å². The highest BCUT2D eigenvalue weighted by atomic mass is 16.5. The van der Waals surface area contributed by atoms with Crippen LogP contribution in [0.25, 0.3) is 0 Å². The maximum absolute atomic E-state index is 12.4. The van der Waals surface area contributed by atoms with E-state index in [9.17, 15) is 4.79 Å². The van der Waals surface area contributed by atoms with E-state index in [1.54, 1.807) is 0 Å². The first kappa shape index (κ1) is 15.0. The number of aryl methyl sites for hydroxylation is 1. The largest absolute Gasteiger partial charge is 0.377 e. The number of ether oxygens (including phenoxy) is 1. The zero-order valence-electron chi connectivity index (χ0n) is 12.1. The van der Waals surface area contributed by atoms with Gasteiger partial charge in [0.25, 0.3) is 0 Å². The zero-order chi connectivity index (χ0) is 14.4. The standard InChI is InChI=1S/C16H24N2O2/c1-13-12-18(10-5-11-20-13)16(19)15(17)9-8-14-6-3-2-4-7-14/h2-4,6-7,13,15H,5,8-12,17H2,1H3. The Hall–Kier alpha value is -1.39. The van der Waals surface area contributed by atoms with Crippen molar-refractivity contribution in [3.63, 3.8) is 0 Å². The van der Waals surface area contributed by atoms with Crippen LogP contribution in [0, 0.1) is 0 Å². The number of nitrogens with two attached hydrogens (primary N) is 1. The number of carbonyl (C=O) groups is 1. The monoisotopic (exact) mass is 276 g/mol. The van der Waals surface area contributed by atoms with Gasteiger partial charge in [-0.05, 0) is 31.7 Å². The molecule has 1 aromatic rings. The minimum absolute atomic E-state index is 0.0540. The second-order valence-corrected chi connectivity index (χ2v) is 5.45. The van der Waals surface area contributed by atoms with E-state index in [1.807, 2.05) is 30.0 Å². The topological polar surface area (TPSA) is 55.6 Å². The third-order valence-corrected chi connectivity index (χ3v) is 3.67. The number of hydrogen-bond donors (Lipinski definition) is 1. The molecule has 0 saturated carbocycles. The van der Waals surface area contributed by atoms with Crippen LogP contribution in [-0.4, -0.2) is 42.6 Å². The average Bonchev–Trinajstić information content (AvgIpc) is 2.69. The Balaban J connectivity index is 1.84. The van der Waals surface area contributed by atoms with E-state index < -0.39 is 6.04 Å². The van der Waals surface area contributed by atoms with E-state index in [0.717, 1.165) is 26.0 Å². The summed E-state index contributed by atoms with van der Waals surface area (Å²) in [5, 5.41) is 0. The van der Waals surface area contributed by atoms with Gasteiger partial charge in [0.2, 0.25) is 5.91 Å². The van der Waals surface area contributed by atoms with Crippen molar-refractivity contribution in [3.8, 4) is 0 Å². The summed E-state index contributed by atoms with van der Waals surface area (Å²) in [7, 11) is 0. The number of hydrogen-bond acceptors (Lipinski definition) is 3. The Bertz CT molecular complexity index is 422. The van der Waals surface area contributed by atoms with Crippen LogP contribution in [0.5, 0.6) is 0 Å². The van der Waals surface area contributed by atoms with Crippen molar-refractivity contribution >= 4 is 5.91 Å². The van der Waals surface area contributed by atoms with E-state index in [2.05, 4.69) is 12.1 Å². The van der Waals surface area contributed by atoms with E-state index in [4.69, 9.17) is 10.5 Å². The number of rotatable bonds is 4. The Morgan fingerprint density at radius 3 is 2.95 bits per heavy atom. The predicted molar refractivity (Wildman–Crippen MR) is 79.3 cm³/mol. The number of amides is 1. The summed E-state index contributed by atoms with van der Waals surface area (Å²) in [6, 6.07) is 9.73. The van der Waals surface area contributed by atoms with Gasteiger partial charge in [0, 0.05) is 19.7 Å². The highest BCUT2D eigenvalue weighted by Gasteiger charge is 2.24. The van der Waals surface area contributed by atoms with Crippen molar-refractivity contribution in [2.24, 2.45) is 5.73 Å². The molecular weight excluding hydrogens is 252 g/mol. The molecule has 0 spiro atoms. The Labute approximate surface area is 120 Å². The van der Waals surface area contributed by atoms with Gasteiger partial charge in [0.05, 0.1) is 12.1 Å². The molecule has 1 aliphatic rings. The highest BCUT2D eigenvalue weighted by molar-refractivity contribution is 5.81. The van der Waals surface area contributed by atoms with Gasteiger partial charge in [-0.25, -0.2) is 0 Å². The van der Waals surface area contributed by atoms with Crippen LogP contribution < -0.4 is 5.73 Å². The summed E-state index contributed by atoms with van der Waals surface area (Å²) in [5.41, 5.74) is 7.29. The van der Waals surface area contributed by atoms with Crippen LogP contribution in [0.4, 0.5) is 0 Å². The fourth-order valence-electron chi connectivity index (χ4n) is 2.52. The molecule has 20 heavy (non-hydrogen) atoms. The molecule has 1 amide bonds. The Morgan fingerprint density at radius 2 is 2.20 bits per heavy atom. The first-order valence-corrected chi connectivity index (χ1v) is 7.36. The Kier molecular flexibility index (Phi) is 5.56. The molecule has 2 unspecified atom stereocenters. The third-order valence-electron chi connectivity index (χ3n) is 3.67. The van der Waals surface area contributed by atoms with Gasteiger partial charge in [-0.15, -0.1) is 0 Å². The lowest BCUT2D eigenvalue weighted by molar-refractivity contribution is -0.133. The van der Waals surface area contributed by atoms with Gasteiger partial charge in [0.15, 0.2) is 0 Å². The summed E-state index contributed by atoms with van der Waals surface area (Å²) in [4.78, 5) is 14.2. The molecule has 110 valence electrons. The first-order valence-electron chi connectivity index (χ1n) is 7.36. The molecule has 0 radical (unpaired) electrons. The van der Waals surface area contributed by atoms with Gasteiger partial charge in [-0.3, -0.25) is 4.79 Å². The Morgan fingerprint density at radius 1 is 1.45 bits per heavy atom.